The van der Waals surface area contributed by atoms with Gasteiger partial charge in [-0.15, -0.1) is 47.0 Å². The Labute approximate surface area is 836 Å². The Bertz CT molecular complexity index is 5350. The maximum absolute atomic E-state index is 13.7. The molecule has 0 saturated carbocycles. The Kier molecular flexibility index (Phi) is 41.1. The van der Waals surface area contributed by atoms with Gasteiger partial charge in [0, 0.05) is 73.2 Å². The molecule has 0 radical (unpaired) electrons. The average molecular weight is 2100 g/mol. The van der Waals surface area contributed by atoms with E-state index in [4.69, 9.17) is 18.9 Å². The van der Waals surface area contributed by atoms with Gasteiger partial charge in [-0.3, -0.25) is 0 Å². The third kappa shape index (κ3) is 29.6. The number of fused-ring (bicyclic) bond motifs is 4. The summed E-state index contributed by atoms with van der Waals surface area (Å²) in [6.07, 6.45) is 11.5. The number of thioether (sulfide) groups is 4. The summed E-state index contributed by atoms with van der Waals surface area (Å²) in [6, 6.07) is 36.9. The van der Waals surface area contributed by atoms with E-state index in [1.807, 2.05) is 72.3 Å². The highest BCUT2D eigenvalue weighted by molar-refractivity contribution is 7.99. The van der Waals surface area contributed by atoms with Crippen molar-refractivity contribution < 1.29 is 129 Å². The van der Waals surface area contributed by atoms with Gasteiger partial charge in [0.15, 0.2) is 63.8 Å². The van der Waals surface area contributed by atoms with Crippen molar-refractivity contribution in [3.63, 3.8) is 0 Å². The predicted octanol–water partition coefficient (Wildman–Crippen LogP) is 18.3. The Hall–Kier alpha value is -9.20. The average Bonchev–Trinajstić information content (AvgIpc) is 1.63. The molecule has 8 atom stereocenters. The second-order valence-corrected chi connectivity index (χ2v) is 47.5. The van der Waals surface area contributed by atoms with Crippen LogP contribution in [0.3, 0.4) is 0 Å². The molecule has 0 fully saturated rings. The summed E-state index contributed by atoms with van der Waals surface area (Å²) in [7, 11) is -10.3. The second kappa shape index (κ2) is 50.4. The van der Waals surface area contributed by atoms with E-state index in [0.717, 1.165) is 105 Å². The molecule has 4 aliphatic rings. The lowest BCUT2D eigenvalue weighted by Gasteiger charge is -2.34. The largest absolute Gasteiger partial charge is 0.489 e. The normalized spacial score (nSPS) is 20.0. The van der Waals surface area contributed by atoms with E-state index in [-0.39, 0.29) is 115 Å². The van der Waals surface area contributed by atoms with Crippen LogP contribution in [0.15, 0.2) is 185 Å². The summed E-state index contributed by atoms with van der Waals surface area (Å²) in [4.78, 5) is 56.9. The molecule has 0 aliphatic carbocycles. The number of nitrogens with zero attached hydrogens (tertiary/aromatic N) is 4. The molecule has 4 aliphatic heterocycles. The quantitative estimate of drug-likeness (QED) is 0.0123. The van der Waals surface area contributed by atoms with Crippen molar-refractivity contribution in [3.8, 4) is 23.0 Å². The molecule has 0 amide bonds. The Morgan fingerprint density at radius 2 is 0.493 bits per heavy atom. The van der Waals surface area contributed by atoms with Crippen LogP contribution in [-0.2, 0) is 77.5 Å². The first-order valence-electron chi connectivity index (χ1n) is 45.6. The van der Waals surface area contributed by atoms with E-state index in [0.29, 0.717) is 91.3 Å². The zero-order valence-electron chi connectivity index (χ0n) is 81.7. The summed E-state index contributed by atoms with van der Waals surface area (Å²) >= 11 is 5.40. The fraction of sp³-hybridized carbons (Fsp3) is 0.480. The molecule has 768 valence electrons. The molecule has 4 heterocycles. The molecule has 0 aromatic heterocycles. The number of aliphatic hydroxyl groups is 4. The number of unbranched alkanes of at least 4 members (excludes halogenated alkanes) is 4. The Morgan fingerprint density at radius 1 is 0.321 bits per heavy atom. The number of sulfone groups is 4. The Morgan fingerprint density at radius 3 is 0.643 bits per heavy atom. The zero-order valence-corrected chi connectivity index (χ0v) is 88.2. The first kappa shape index (κ1) is 114. The van der Waals surface area contributed by atoms with Crippen molar-refractivity contribution in [2.45, 2.75) is 196 Å². The molecule has 12 rings (SSSR count). The number of carbonyl (C=O) groups is 4. The molecule has 8 aromatic rings. The van der Waals surface area contributed by atoms with Gasteiger partial charge in [0.05, 0.1) is 113 Å². The maximum Gasteiger partial charge on any atom is 0.338 e. The van der Waals surface area contributed by atoms with Crippen molar-refractivity contribution in [1.82, 2.24) is 0 Å². The molecule has 0 saturated heterocycles. The number of rotatable bonds is 36. The molecular weight excluding hydrogens is 1970 g/mol. The van der Waals surface area contributed by atoms with Crippen molar-refractivity contribution in [1.29, 1.82) is 0 Å². The number of halogens is 4. The summed E-state index contributed by atoms with van der Waals surface area (Å²) in [5.41, 5.74) is 2.56. The molecule has 140 heavy (non-hydrogen) atoms. The van der Waals surface area contributed by atoms with Crippen LogP contribution in [0, 0.1) is 44.9 Å². The smallest absolute Gasteiger partial charge is 0.338 e. The van der Waals surface area contributed by atoms with Gasteiger partial charge in [-0.1, -0.05) is 107 Å². The van der Waals surface area contributed by atoms with Crippen LogP contribution in [0.2, 0.25) is 0 Å². The third-order valence-electron chi connectivity index (χ3n) is 24.4. The number of hydrogen-bond donors (Lipinski definition) is 4. The van der Waals surface area contributed by atoms with Gasteiger partial charge < -0.3 is 77.9 Å². The van der Waals surface area contributed by atoms with E-state index < -0.39 is 109 Å². The second-order valence-electron chi connectivity index (χ2n) is 36.2. The number of ether oxygens (including phenoxy) is 8. The number of benzene rings is 8. The highest BCUT2D eigenvalue weighted by Gasteiger charge is 2.46. The highest BCUT2D eigenvalue weighted by atomic mass is 32.2. The summed E-state index contributed by atoms with van der Waals surface area (Å²) < 4.78 is 205. The van der Waals surface area contributed by atoms with Gasteiger partial charge in [0.25, 0.3) is 0 Å². The van der Waals surface area contributed by atoms with Crippen LogP contribution in [0.1, 0.15) is 132 Å². The van der Waals surface area contributed by atoms with Gasteiger partial charge in [0.2, 0.25) is 0 Å². The van der Waals surface area contributed by atoms with E-state index in [1.165, 1.54) is 120 Å². The lowest BCUT2D eigenvalue weighted by atomic mass is 9.86. The number of aliphatic hydroxyl groups excluding tert-OH is 4. The molecular formula is C100H128F4N4O24S8. The summed E-state index contributed by atoms with van der Waals surface area (Å²) in [5, 5.41) is 39.7. The molecule has 4 N–H and O–H groups in total. The van der Waals surface area contributed by atoms with Crippen LogP contribution in [0.5, 0.6) is 23.0 Å². The van der Waals surface area contributed by atoms with Gasteiger partial charge in [-0.05, 0) is 194 Å². The van der Waals surface area contributed by atoms with Crippen molar-refractivity contribution in [3.05, 3.63) is 169 Å². The van der Waals surface area contributed by atoms with Crippen LogP contribution in [0.25, 0.3) is 0 Å². The monoisotopic (exact) mass is 2100 g/mol. The summed E-state index contributed by atoms with van der Waals surface area (Å²) in [6.45, 7) is 16.4. The van der Waals surface area contributed by atoms with Crippen LogP contribution < -0.4 is 38.5 Å². The molecule has 0 unspecified atom stereocenters. The van der Waals surface area contributed by atoms with E-state index in [1.54, 1.807) is 72.8 Å². The molecule has 0 bridgehead atoms. The molecule has 40 heteroatoms. The number of esters is 4. The van der Waals surface area contributed by atoms with Gasteiger partial charge >= 0.3 is 23.9 Å². The highest BCUT2D eigenvalue weighted by Crippen LogP contribution is 2.53. The van der Waals surface area contributed by atoms with Gasteiger partial charge in [-0.25, -0.2) is 70.4 Å². The van der Waals surface area contributed by atoms with Crippen LogP contribution in [0.4, 0.5) is 63.1 Å². The van der Waals surface area contributed by atoms with E-state index in [9.17, 15) is 90.8 Å². The predicted molar refractivity (Wildman–Crippen MR) is 539 cm³/mol. The van der Waals surface area contributed by atoms with Crippen LogP contribution >= 0.6 is 47.0 Å². The lowest BCUT2D eigenvalue weighted by molar-refractivity contribution is -0.152. The zero-order chi connectivity index (χ0) is 103. The fourth-order valence-corrected chi connectivity index (χ4v) is 27.7. The first-order valence-corrected chi connectivity index (χ1v) is 57.1. The molecule has 28 nitrogen and oxygen atoms in total. The minimum absolute atomic E-state index is 0.0481. The molecule has 0 spiro atoms. The van der Waals surface area contributed by atoms with Crippen molar-refractivity contribution in [2.75, 3.05) is 149 Å². The van der Waals surface area contributed by atoms with Crippen molar-refractivity contribution >= 4 is 156 Å². The number of anilines is 8. The standard InChI is InChI=1S/4C25H32FNO6S2/c4*1-5-6-11-25(2)15-27(18-9-7-17(26)8-10-18)19-12-22(34-4)21(13-23(19)35(30,31)16-25)33-14-20(28)24(29)32-3/h4*7-10,12-13,20,28H,5-6,11,14-16H2,1-4H3/t2*20-,25+;2*20-,25-/m1010/s1. The number of methoxy groups -OCH3 is 4. The summed E-state index contributed by atoms with van der Waals surface area (Å²) in [5.74, 6) is -4.05. The lowest BCUT2D eigenvalue weighted by Crippen LogP contribution is -2.35. The Balaban J connectivity index is 0.000000209. The van der Waals surface area contributed by atoms with E-state index in [2.05, 4.69) is 46.6 Å². The third-order valence-corrected chi connectivity index (χ3v) is 35.7. The topological polar surface area (TPSA) is 373 Å². The van der Waals surface area contributed by atoms with Crippen molar-refractivity contribution in [2.24, 2.45) is 21.7 Å². The first-order chi connectivity index (χ1) is 66.1. The maximum atomic E-state index is 13.7. The van der Waals surface area contributed by atoms with Gasteiger partial charge in [0.1, 0.15) is 72.7 Å². The SMILES string of the molecule is CCCC[C@@]1(C)CN(c2ccc(F)cc2)c2cc(SC)c(OC[C@@H](O)C(=O)OC)cc2S(=O)(=O)C1.CCCC[C@@]1(C)CN(c2ccc(F)cc2)c2cc(SC)c(OC[C@H](O)C(=O)OC)cc2S(=O)(=O)C1.CCCC[C@]1(C)CN(c2ccc(F)cc2)c2cc(SC)c(OC[C@@H](O)C(=O)OC)cc2S(=O)(=O)C1.CCCC[C@]1(C)CN(c2ccc(F)cc2)c2cc(SC)c(OC[C@H](O)C(=O)OC)cc2S(=O)(=O)C1. The fourth-order valence-electron chi connectivity index (χ4n) is 17.2. The van der Waals surface area contributed by atoms with E-state index >= 15 is 0 Å². The minimum atomic E-state index is -3.73. The minimum Gasteiger partial charge on any atom is -0.489 e. The van der Waals surface area contributed by atoms with Gasteiger partial charge in [-0.2, -0.15) is 0 Å². The number of hydrogen-bond acceptors (Lipinski definition) is 32. The number of carbonyl (C=O) groups excluding carboxylic acids is 4. The van der Waals surface area contributed by atoms with Crippen LogP contribution in [-0.4, -0.2) is 231 Å². The molecule has 8 aromatic carbocycles.